The summed E-state index contributed by atoms with van der Waals surface area (Å²) in [5, 5.41) is 1.81. The molecule has 0 radical (unpaired) electrons. The van der Waals surface area contributed by atoms with Crippen molar-refractivity contribution in [3.63, 3.8) is 0 Å². The lowest BCUT2D eigenvalue weighted by molar-refractivity contribution is 0.246. The normalized spacial score (nSPS) is 16.5. The van der Waals surface area contributed by atoms with Crippen LogP contribution in [0.3, 0.4) is 0 Å². The third-order valence-electron chi connectivity index (χ3n) is 4.85. The Bertz CT molecular complexity index is 908. The van der Waals surface area contributed by atoms with E-state index in [1.54, 1.807) is 37.5 Å². The van der Waals surface area contributed by atoms with Gasteiger partial charge in [0.1, 0.15) is 5.75 Å². The van der Waals surface area contributed by atoms with Gasteiger partial charge in [-0.25, -0.2) is 13.1 Å². The molecule has 2 aromatic carbocycles. The fourth-order valence-electron chi connectivity index (χ4n) is 3.35. The summed E-state index contributed by atoms with van der Waals surface area (Å²) in [6.45, 7) is 2.23. The number of likely N-dealkylation sites (tertiary alicyclic amines) is 1. The summed E-state index contributed by atoms with van der Waals surface area (Å²) in [5.41, 5.74) is 1.82. The van der Waals surface area contributed by atoms with E-state index >= 15 is 0 Å². The predicted octanol–water partition coefficient (Wildman–Crippen LogP) is 4.08. The van der Waals surface area contributed by atoms with Crippen LogP contribution >= 0.6 is 11.6 Å². The van der Waals surface area contributed by atoms with Gasteiger partial charge in [0.25, 0.3) is 0 Å². The lowest BCUT2D eigenvalue weighted by atomic mass is 10.1. The Balaban J connectivity index is 1.72. The van der Waals surface area contributed by atoms with Crippen molar-refractivity contribution in [3.8, 4) is 5.75 Å². The maximum Gasteiger partial charge on any atom is 0.233 e. The summed E-state index contributed by atoms with van der Waals surface area (Å²) in [7, 11) is -1.93. The van der Waals surface area contributed by atoms with Gasteiger partial charge in [-0.15, -0.1) is 0 Å². The highest BCUT2D eigenvalue weighted by atomic mass is 35.5. The summed E-state index contributed by atoms with van der Waals surface area (Å²) >= 11 is 5.86. The number of ether oxygens (including phenoxy) is 1. The van der Waals surface area contributed by atoms with Crippen LogP contribution in [-0.2, 0) is 10.0 Å². The zero-order valence-electron chi connectivity index (χ0n) is 15.8. The van der Waals surface area contributed by atoms with Crippen LogP contribution in [0.4, 0.5) is 0 Å². The third-order valence-corrected chi connectivity index (χ3v) is 6.16. The van der Waals surface area contributed by atoms with Gasteiger partial charge in [-0.05, 0) is 67.4 Å². The van der Waals surface area contributed by atoms with E-state index in [4.69, 9.17) is 16.3 Å². The molecule has 1 fully saturated rings. The standard InChI is InChI=1S/C21H25ClN2O3S/c1-27-20-6-4-5-18(15-20)21(24-12-2-3-13-24)16-23-28(25,26)14-11-17-7-9-19(22)10-8-17/h4-11,14-15,21,23H,2-3,12-13,16H2,1H3. The van der Waals surface area contributed by atoms with Gasteiger partial charge >= 0.3 is 0 Å². The molecule has 150 valence electrons. The van der Waals surface area contributed by atoms with E-state index < -0.39 is 10.0 Å². The summed E-state index contributed by atoms with van der Waals surface area (Å²) in [6, 6.07) is 14.8. The van der Waals surface area contributed by atoms with Crippen molar-refractivity contribution in [2.45, 2.75) is 18.9 Å². The van der Waals surface area contributed by atoms with Crippen LogP contribution < -0.4 is 9.46 Å². The largest absolute Gasteiger partial charge is 0.497 e. The van der Waals surface area contributed by atoms with E-state index in [0.29, 0.717) is 11.6 Å². The second-order valence-corrected chi connectivity index (χ2v) is 8.87. The van der Waals surface area contributed by atoms with Crippen molar-refractivity contribution in [3.05, 3.63) is 70.1 Å². The molecule has 5 nitrogen and oxygen atoms in total. The molecule has 0 spiro atoms. The second kappa shape index (κ2) is 9.56. The highest BCUT2D eigenvalue weighted by molar-refractivity contribution is 7.92. The van der Waals surface area contributed by atoms with Crippen molar-refractivity contribution in [2.75, 3.05) is 26.7 Å². The van der Waals surface area contributed by atoms with Crippen molar-refractivity contribution in [2.24, 2.45) is 0 Å². The predicted molar refractivity (Wildman–Crippen MR) is 114 cm³/mol. The summed E-state index contributed by atoms with van der Waals surface area (Å²) in [4.78, 5) is 2.32. The highest BCUT2D eigenvalue weighted by Crippen LogP contribution is 2.27. The fourth-order valence-corrected chi connectivity index (χ4v) is 4.29. The van der Waals surface area contributed by atoms with Crippen LogP contribution in [0, 0.1) is 0 Å². The van der Waals surface area contributed by atoms with Crippen LogP contribution in [0.25, 0.3) is 6.08 Å². The Morgan fingerprint density at radius 3 is 2.57 bits per heavy atom. The van der Waals surface area contributed by atoms with Crippen molar-refractivity contribution < 1.29 is 13.2 Å². The summed E-state index contributed by atoms with van der Waals surface area (Å²) < 4.78 is 33.0. The lowest BCUT2D eigenvalue weighted by Crippen LogP contribution is -2.36. The Labute approximate surface area is 172 Å². The maximum absolute atomic E-state index is 12.5. The molecule has 0 aromatic heterocycles. The average Bonchev–Trinajstić information content (AvgIpc) is 3.22. The molecule has 2 aromatic rings. The highest BCUT2D eigenvalue weighted by Gasteiger charge is 2.25. The molecule has 1 saturated heterocycles. The number of nitrogens with zero attached hydrogens (tertiary/aromatic N) is 1. The monoisotopic (exact) mass is 420 g/mol. The molecule has 0 aliphatic carbocycles. The van der Waals surface area contributed by atoms with Crippen molar-refractivity contribution >= 4 is 27.7 Å². The maximum atomic E-state index is 12.5. The van der Waals surface area contributed by atoms with E-state index in [1.807, 2.05) is 24.3 Å². The van der Waals surface area contributed by atoms with Gasteiger partial charge in [-0.3, -0.25) is 4.90 Å². The molecule has 1 N–H and O–H groups in total. The summed E-state index contributed by atoms with van der Waals surface area (Å²) in [6.07, 6.45) is 3.82. The molecule has 1 atom stereocenters. The smallest absolute Gasteiger partial charge is 0.233 e. The Kier molecular flexibility index (Phi) is 7.13. The molecule has 0 saturated carbocycles. The first-order valence-electron chi connectivity index (χ1n) is 9.28. The van der Waals surface area contributed by atoms with Gasteiger partial charge in [0.2, 0.25) is 10.0 Å². The van der Waals surface area contributed by atoms with Gasteiger partial charge in [0, 0.05) is 23.0 Å². The first-order chi connectivity index (χ1) is 13.5. The van der Waals surface area contributed by atoms with Gasteiger partial charge in [-0.1, -0.05) is 35.9 Å². The molecule has 3 rings (SSSR count). The van der Waals surface area contributed by atoms with Crippen molar-refractivity contribution in [1.29, 1.82) is 0 Å². The molecule has 28 heavy (non-hydrogen) atoms. The number of benzene rings is 2. The number of hydrogen-bond donors (Lipinski definition) is 1. The molecule has 1 aliphatic heterocycles. The van der Waals surface area contributed by atoms with E-state index in [2.05, 4.69) is 9.62 Å². The van der Waals surface area contributed by atoms with Crippen LogP contribution in [-0.4, -0.2) is 40.1 Å². The van der Waals surface area contributed by atoms with E-state index in [0.717, 1.165) is 42.8 Å². The minimum absolute atomic E-state index is 0.0312. The number of rotatable bonds is 8. The van der Waals surface area contributed by atoms with Crippen LogP contribution in [0.15, 0.2) is 53.9 Å². The molecule has 7 heteroatoms. The lowest BCUT2D eigenvalue weighted by Gasteiger charge is -2.28. The molecule has 1 aliphatic rings. The molecular weight excluding hydrogens is 396 g/mol. The zero-order valence-corrected chi connectivity index (χ0v) is 17.4. The Hall–Kier alpha value is -1.86. The fraction of sp³-hybridized carbons (Fsp3) is 0.333. The quantitative estimate of drug-likeness (QED) is 0.699. The molecule has 1 unspecified atom stereocenters. The average molecular weight is 421 g/mol. The van der Waals surface area contributed by atoms with Crippen LogP contribution in [0.2, 0.25) is 5.02 Å². The first-order valence-corrected chi connectivity index (χ1v) is 11.2. The van der Waals surface area contributed by atoms with Gasteiger partial charge in [0.15, 0.2) is 0 Å². The number of sulfonamides is 1. The number of hydrogen-bond acceptors (Lipinski definition) is 4. The van der Waals surface area contributed by atoms with Gasteiger partial charge in [0.05, 0.1) is 7.11 Å². The zero-order chi connectivity index (χ0) is 20.0. The van der Waals surface area contributed by atoms with Crippen LogP contribution in [0.1, 0.15) is 30.0 Å². The Morgan fingerprint density at radius 1 is 1.18 bits per heavy atom. The van der Waals surface area contributed by atoms with E-state index in [-0.39, 0.29) is 6.04 Å². The molecular formula is C21H25ClN2O3S. The van der Waals surface area contributed by atoms with Crippen LogP contribution in [0.5, 0.6) is 5.75 Å². The molecule has 0 bridgehead atoms. The van der Waals surface area contributed by atoms with Crippen molar-refractivity contribution in [1.82, 2.24) is 9.62 Å². The van der Waals surface area contributed by atoms with Gasteiger partial charge < -0.3 is 4.74 Å². The second-order valence-electron chi connectivity index (χ2n) is 6.78. The van der Waals surface area contributed by atoms with E-state index in [1.165, 1.54) is 5.41 Å². The van der Waals surface area contributed by atoms with E-state index in [9.17, 15) is 8.42 Å². The third kappa shape index (κ3) is 5.82. The van der Waals surface area contributed by atoms with Gasteiger partial charge in [-0.2, -0.15) is 0 Å². The number of halogens is 1. The summed E-state index contributed by atoms with van der Waals surface area (Å²) in [5.74, 6) is 0.771. The Morgan fingerprint density at radius 2 is 1.89 bits per heavy atom. The topological polar surface area (TPSA) is 58.6 Å². The first kappa shape index (κ1) is 20.9. The SMILES string of the molecule is COc1cccc(C(CNS(=O)(=O)C=Cc2ccc(Cl)cc2)N2CCCC2)c1. The minimum Gasteiger partial charge on any atom is -0.497 e. The molecule has 0 amide bonds. The minimum atomic E-state index is -3.56. The molecule has 1 heterocycles. The number of methoxy groups -OCH3 is 1. The number of nitrogens with one attached hydrogen (secondary N) is 1.